The summed E-state index contributed by atoms with van der Waals surface area (Å²) < 4.78 is 27.9. The lowest BCUT2D eigenvalue weighted by atomic mass is 9.89. The largest absolute Gasteiger partial charge is 0.477 e. The van der Waals surface area contributed by atoms with Crippen molar-refractivity contribution in [2.24, 2.45) is 0 Å². The van der Waals surface area contributed by atoms with Gasteiger partial charge in [0.1, 0.15) is 5.60 Å². The maximum Gasteiger partial charge on any atom is 0.346 e. The van der Waals surface area contributed by atoms with Crippen LogP contribution in [0, 0.1) is 0 Å². The Kier molecular flexibility index (Phi) is 3.41. The molecule has 0 atom stereocenters. The maximum absolute atomic E-state index is 11.7. The number of carbonyl (C=O) groups excluding carboxylic acids is 1. The molecule has 0 fully saturated rings. The first-order valence-electron chi connectivity index (χ1n) is 6.06. The second kappa shape index (κ2) is 4.70. The van der Waals surface area contributed by atoms with Gasteiger partial charge in [-0.3, -0.25) is 0 Å². The summed E-state index contributed by atoms with van der Waals surface area (Å²) in [5.74, 6) is -2.26. The zero-order valence-corrected chi connectivity index (χ0v) is 12.5. The van der Waals surface area contributed by atoms with E-state index in [0.717, 1.165) is 6.26 Å². The molecule has 0 aliphatic carbocycles. The van der Waals surface area contributed by atoms with E-state index in [0.29, 0.717) is 5.56 Å². The minimum Gasteiger partial charge on any atom is -0.477 e. The van der Waals surface area contributed by atoms with Crippen LogP contribution in [0.2, 0.25) is 0 Å². The Labute approximate surface area is 122 Å². The molecule has 1 heterocycles. The van der Waals surface area contributed by atoms with Crippen LogP contribution in [0.1, 0.15) is 19.4 Å². The van der Waals surface area contributed by atoms with E-state index < -0.39 is 33.0 Å². The predicted octanol–water partition coefficient (Wildman–Crippen LogP) is 1.26. The van der Waals surface area contributed by atoms with Crippen molar-refractivity contribution in [3.63, 3.8) is 0 Å². The number of rotatable bonds is 3. The Morgan fingerprint density at radius 2 is 1.71 bits per heavy atom. The van der Waals surface area contributed by atoms with Gasteiger partial charge < -0.3 is 9.84 Å². The van der Waals surface area contributed by atoms with Crippen LogP contribution >= 0.6 is 0 Å². The van der Waals surface area contributed by atoms with Gasteiger partial charge >= 0.3 is 11.9 Å². The van der Waals surface area contributed by atoms with Gasteiger partial charge in [0.25, 0.3) is 0 Å². The molecule has 0 unspecified atom stereocenters. The van der Waals surface area contributed by atoms with Crippen LogP contribution < -0.4 is 0 Å². The molecule has 6 nitrogen and oxygen atoms in total. The summed E-state index contributed by atoms with van der Waals surface area (Å²) in [5.41, 5.74) is -0.833. The van der Waals surface area contributed by atoms with Crippen molar-refractivity contribution in [2.75, 3.05) is 6.26 Å². The first kappa shape index (κ1) is 15.2. The molecule has 0 saturated carbocycles. The number of carbonyl (C=O) groups is 2. The van der Waals surface area contributed by atoms with Crippen molar-refractivity contribution >= 4 is 27.3 Å². The van der Waals surface area contributed by atoms with E-state index >= 15 is 0 Å². The number of esters is 1. The van der Waals surface area contributed by atoms with Crippen LogP contribution in [-0.4, -0.2) is 37.3 Å². The smallest absolute Gasteiger partial charge is 0.346 e. The van der Waals surface area contributed by atoms with Gasteiger partial charge in [0.15, 0.2) is 15.4 Å². The molecule has 1 aliphatic rings. The minimum atomic E-state index is -3.34. The zero-order chi connectivity index (χ0) is 16.0. The molecule has 0 bridgehead atoms. The van der Waals surface area contributed by atoms with Gasteiger partial charge in [-0.05, 0) is 31.5 Å². The lowest BCUT2D eigenvalue weighted by molar-refractivity contribution is -0.146. The van der Waals surface area contributed by atoms with Crippen molar-refractivity contribution in [3.8, 4) is 0 Å². The van der Waals surface area contributed by atoms with Gasteiger partial charge in [-0.25, -0.2) is 18.0 Å². The van der Waals surface area contributed by atoms with Crippen LogP contribution in [0.25, 0.3) is 5.57 Å². The second-order valence-electron chi connectivity index (χ2n) is 5.25. The van der Waals surface area contributed by atoms with Crippen LogP contribution in [0.4, 0.5) is 0 Å². The number of benzene rings is 1. The highest BCUT2D eigenvalue weighted by atomic mass is 32.2. The minimum absolute atomic E-state index is 0.117. The Bertz CT molecular complexity index is 753. The Morgan fingerprint density at radius 1 is 1.19 bits per heavy atom. The van der Waals surface area contributed by atoms with Crippen LogP contribution in [0.15, 0.2) is 34.7 Å². The third-order valence-electron chi connectivity index (χ3n) is 3.19. The van der Waals surface area contributed by atoms with Crippen molar-refractivity contribution < 1.29 is 27.9 Å². The SMILES string of the molecule is CC1(C)OC(=O)C(C(=O)O)=C1c1ccc(S(C)(=O)=O)cc1. The number of ether oxygens (including phenoxy) is 1. The number of hydrogen-bond acceptors (Lipinski definition) is 5. The van der Waals surface area contributed by atoms with E-state index in [2.05, 4.69) is 0 Å². The molecule has 0 amide bonds. The summed E-state index contributed by atoms with van der Waals surface area (Å²) in [6, 6.07) is 5.68. The van der Waals surface area contributed by atoms with Gasteiger partial charge in [0.2, 0.25) is 0 Å². The molecule has 0 radical (unpaired) electrons. The molecule has 7 heteroatoms. The first-order valence-corrected chi connectivity index (χ1v) is 7.95. The van der Waals surface area contributed by atoms with Crippen molar-refractivity contribution in [3.05, 3.63) is 35.4 Å². The van der Waals surface area contributed by atoms with Crippen LogP contribution in [-0.2, 0) is 24.2 Å². The van der Waals surface area contributed by atoms with Crippen LogP contribution in [0.3, 0.4) is 0 Å². The molecule has 2 rings (SSSR count). The van der Waals surface area contributed by atoms with E-state index in [1.54, 1.807) is 13.8 Å². The number of aliphatic carboxylic acids is 1. The molecule has 1 aromatic carbocycles. The molecule has 0 spiro atoms. The van der Waals surface area contributed by atoms with Gasteiger partial charge in [0, 0.05) is 11.8 Å². The van der Waals surface area contributed by atoms with E-state index in [9.17, 15) is 23.1 Å². The van der Waals surface area contributed by atoms with E-state index in [4.69, 9.17) is 4.74 Å². The zero-order valence-electron chi connectivity index (χ0n) is 11.7. The summed E-state index contributed by atoms with van der Waals surface area (Å²) in [7, 11) is -3.34. The van der Waals surface area contributed by atoms with Crippen molar-refractivity contribution in [2.45, 2.75) is 24.3 Å². The molecular weight excluding hydrogens is 296 g/mol. The summed E-state index contributed by atoms with van der Waals surface area (Å²) in [5, 5.41) is 9.18. The number of carboxylic acid groups (broad SMARTS) is 1. The van der Waals surface area contributed by atoms with E-state index in [1.807, 2.05) is 0 Å². The Morgan fingerprint density at radius 3 is 2.14 bits per heavy atom. The molecular formula is C14H14O6S. The summed E-state index contributed by atoms with van der Waals surface area (Å²) in [6.45, 7) is 3.17. The molecule has 1 N–H and O–H groups in total. The van der Waals surface area contributed by atoms with Gasteiger partial charge in [-0.1, -0.05) is 12.1 Å². The highest BCUT2D eigenvalue weighted by molar-refractivity contribution is 7.90. The molecule has 112 valence electrons. The fraction of sp³-hybridized carbons (Fsp3) is 0.286. The lowest BCUT2D eigenvalue weighted by Crippen LogP contribution is -2.22. The number of carboxylic acids is 1. The topological polar surface area (TPSA) is 97.7 Å². The normalized spacial score (nSPS) is 17.8. The van der Waals surface area contributed by atoms with Crippen molar-refractivity contribution in [1.82, 2.24) is 0 Å². The Balaban J connectivity index is 2.63. The van der Waals surface area contributed by atoms with Crippen molar-refractivity contribution in [1.29, 1.82) is 0 Å². The number of sulfone groups is 1. The lowest BCUT2D eigenvalue weighted by Gasteiger charge is -2.21. The van der Waals surface area contributed by atoms with Gasteiger partial charge in [0.05, 0.1) is 4.90 Å². The summed E-state index contributed by atoms with van der Waals surface area (Å²) in [6.07, 6.45) is 1.08. The molecule has 0 aromatic heterocycles. The third-order valence-corrected chi connectivity index (χ3v) is 4.32. The fourth-order valence-corrected chi connectivity index (χ4v) is 2.92. The third kappa shape index (κ3) is 2.69. The standard InChI is InChI=1S/C14H14O6S/c1-14(2)11(10(12(15)16)13(17)20-14)8-4-6-9(7-5-8)21(3,18)19/h4-7H,1-3H3,(H,15,16). The molecule has 1 aliphatic heterocycles. The number of hydrogen-bond donors (Lipinski definition) is 1. The van der Waals surface area contributed by atoms with Crippen LogP contribution in [0.5, 0.6) is 0 Å². The number of cyclic esters (lactones) is 1. The second-order valence-corrected chi connectivity index (χ2v) is 7.27. The van der Waals surface area contributed by atoms with Gasteiger partial charge in [-0.15, -0.1) is 0 Å². The average Bonchev–Trinajstić information content (AvgIpc) is 2.57. The highest BCUT2D eigenvalue weighted by Gasteiger charge is 2.44. The van der Waals surface area contributed by atoms with Gasteiger partial charge in [-0.2, -0.15) is 0 Å². The first-order chi connectivity index (χ1) is 9.54. The summed E-state index contributed by atoms with van der Waals surface area (Å²) >= 11 is 0. The Hall–Kier alpha value is -2.15. The average molecular weight is 310 g/mol. The molecule has 1 aromatic rings. The van der Waals surface area contributed by atoms with E-state index in [-0.39, 0.29) is 10.5 Å². The highest BCUT2D eigenvalue weighted by Crippen LogP contribution is 2.39. The monoisotopic (exact) mass is 310 g/mol. The summed E-state index contributed by atoms with van der Waals surface area (Å²) in [4.78, 5) is 23.1. The molecule has 0 saturated heterocycles. The quantitative estimate of drug-likeness (QED) is 0.667. The fourth-order valence-electron chi connectivity index (χ4n) is 2.29. The van der Waals surface area contributed by atoms with E-state index in [1.165, 1.54) is 24.3 Å². The maximum atomic E-state index is 11.7. The predicted molar refractivity (Wildman–Crippen MR) is 74.3 cm³/mol. The molecule has 21 heavy (non-hydrogen) atoms.